The standard InChI is InChI=1S/C18H17ClN4O3/c1-12-16(5-6-26-12)18(24)22-20-8-13-3-4-17(25-2)14(7-13)10-23-11-15(19)9-21-23/h3-9,11H,10H2,1-2H3,(H,22,24)/b20-8+. The summed E-state index contributed by atoms with van der Waals surface area (Å²) in [5, 5.41) is 8.73. The van der Waals surface area contributed by atoms with Crippen LogP contribution in [-0.4, -0.2) is 29.0 Å². The van der Waals surface area contributed by atoms with Gasteiger partial charge in [-0.25, -0.2) is 5.43 Å². The van der Waals surface area contributed by atoms with Crippen LogP contribution in [0.3, 0.4) is 0 Å². The highest BCUT2D eigenvalue weighted by Crippen LogP contribution is 2.21. The van der Waals surface area contributed by atoms with Crippen LogP contribution in [0.1, 0.15) is 27.2 Å². The van der Waals surface area contributed by atoms with Crippen LogP contribution < -0.4 is 10.2 Å². The SMILES string of the molecule is COc1ccc(/C=N/NC(=O)c2ccoc2C)cc1Cn1cc(Cl)cn1. The third-order valence-corrected chi connectivity index (χ3v) is 3.92. The molecule has 1 amide bonds. The quantitative estimate of drug-likeness (QED) is 0.532. The van der Waals surface area contributed by atoms with E-state index < -0.39 is 0 Å². The summed E-state index contributed by atoms with van der Waals surface area (Å²) in [5.74, 6) is 0.946. The molecule has 0 radical (unpaired) electrons. The van der Waals surface area contributed by atoms with Gasteiger partial charge in [0.25, 0.3) is 5.91 Å². The number of carbonyl (C=O) groups is 1. The zero-order chi connectivity index (χ0) is 18.5. The summed E-state index contributed by atoms with van der Waals surface area (Å²) < 4.78 is 12.2. The van der Waals surface area contributed by atoms with Crippen molar-refractivity contribution < 1.29 is 13.9 Å². The topological polar surface area (TPSA) is 81.6 Å². The molecule has 0 bridgehead atoms. The van der Waals surface area contributed by atoms with Crippen molar-refractivity contribution in [2.45, 2.75) is 13.5 Å². The first-order valence-corrected chi connectivity index (χ1v) is 8.17. The zero-order valence-electron chi connectivity index (χ0n) is 14.3. The molecule has 0 aliphatic heterocycles. The number of methoxy groups -OCH3 is 1. The van der Waals surface area contributed by atoms with Crippen molar-refractivity contribution in [3.05, 3.63) is 70.4 Å². The summed E-state index contributed by atoms with van der Waals surface area (Å²) in [6.45, 7) is 2.22. The number of carbonyl (C=O) groups excluding carboxylic acids is 1. The number of furan rings is 1. The van der Waals surface area contributed by atoms with E-state index in [1.54, 1.807) is 43.4 Å². The molecule has 134 valence electrons. The number of hydrogen-bond donors (Lipinski definition) is 1. The highest BCUT2D eigenvalue weighted by atomic mass is 35.5. The fourth-order valence-electron chi connectivity index (χ4n) is 2.45. The van der Waals surface area contributed by atoms with Crippen molar-refractivity contribution in [2.24, 2.45) is 5.10 Å². The molecule has 0 aliphatic carbocycles. The summed E-state index contributed by atoms with van der Waals surface area (Å²) >= 11 is 5.90. The molecule has 0 saturated carbocycles. The van der Waals surface area contributed by atoms with E-state index in [0.29, 0.717) is 22.9 Å². The van der Waals surface area contributed by atoms with Gasteiger partial charge < -0.3 is 9.15 Å². The number of benzene rings is 1. The summed E-state index contributed by atoms with van der Waals surface area (Å²) in [5.41, 5.74) is 4.65. The maximum atomic E-state index is 12.0. The zero-order valence-corrected chi connectivity index (χ0v) is 15.0. The second-order valence-electron chi connectivity index (χ2n) is 5.52. The first kappa shape index (κ1) is 17.8. The monoisotopic (exact) mass is 372 g/mol. The minimum absolute atomic E-state index is 0.326. The Morgan fingerprint density at radius 1 is 1.46 bits per heavy atom. The lowest BCUT2D eigenvalue weighted by Gasteiger charge is -2.09. The molecule has 2 aromatic heterocycles. The minimum Gasteiger partial charge on any atom is -0.496 e. The molecule has 7 nitrogen and oxygen atoms in total. The van der Waals surface area contributed by atoms with Gasteiger partial charge in [-0.05, 0) is 36.8 Å². The summed E-state index contributed by atoms with van der Waals surface area (Å²) in [7, 11) is 1.61. The van der Waals surface area contributed by atoms with Crippen LogP contribution in [0.15, 0.2) is 52.4 Å². The van der Waals surface area contributed by atoms with E-state index in [9.17, 15) is 4.79 Å². The molecule has 0 atom stereocenters. The number of aromatic nitrogens is 2. The molecule has 1 aromatic carbocycles. The van der Waals surface area contributed by atoms with Crippen molar-refractivity contribution in [1.29, 1.82) is 0 Å². The van der Waals surface area contributed by atoms with Crippen LogP contribution in [0.2, 0.25) is 5.02 Å². The molecule has 0 saturated heterocycles. The van der Waals surface area contributed by atoms with Gasteiger partial charge in [0.05, 0.1) is 42.9 Å². The number of halogens is 1. The number of aryl methyl sites for hydroxylation is 1. The van der Waals surface area contributed by atoms with Crippen molar-refractivity contribution in [2.75, 3.05) is 7.11 Å². The lowest BCUT2D eigenvalue weighted by Crippen LogP contribution is -2.17. The Balaban J connectivity index is 1.72. The second-order valence-corrected chi connectivity index (χ2v) is 5.95. The molecule has 0 spiro atoms. The predicted molar refractivity (Wildman–Crippen MR) is 97.8 cm³/mol. The molecule has 8 heteroatoms. The van der Waals surface area contributed by atoms with E-state index in [1.165, 1.54) is 6.26 Å². The Bertz CT molecular complexity index is 946. The molecule has 0 unspecified atom stereocenters. The van der Waals surface area contributed by atoms with Gasteiger partial charge in [-0.15, -0.1) is 0 Å². The second kappa shape index (κ2) is 7.88. The fourth-order valence-corrected chi connectivity index (χ4v) is 2.60. The van der Waals surface area contributed by atoms with E-state index in [2.05, 4.69) is 15.6 Å². The molecule has 1 N–H and O–H groups in total. The molecule has 3 rings (SSSR count). The van der Waals surface area contributed by atoms with Gasteiger partial charge in [0, 0.05) is 11.8 Å². The summed E-state index contributed by atoms with van der Waals surface area (Å²) in [6.07, 6.45) is 6.33. The van der Waals surface area contributed by atoms with Crippen LogP contribution in [-0.2, 0) is 6.54 Å². The number of amides is 1. The molecule has 0 aliphatic rings. The maximum Gasteiger partial charge on any atom is 0.274 e. The van der Waals surface area contributed by atoms with E-state index in [1.807, 2.05) is 18.2 Å². The fraction of sp³-hybridized carbons (Fsp3) is 0.167. The molecular formula is C18H17ClN4O3. The number of hydrazone groups is 1. The van der Waals surface area contributed by atoms with Gasteiger partial charge >= 0.3 is 0 Å². The largest absolute Gasteiger partial charge is 0.496 e. The normalized spacial score (nSPS) is 11.0. The van der Waals surface area contributed by atoms with Crippen LogP contribution in [0.4, 0.5) is 0 Å². The Morgan fingerprint density at radius 2 is 2.31 bits per heavy atom. The van der Waals surface area contributed by atoms with Crippen molar-refractivity contribution in [1.82, 2.24) is 15.2 Å². The molecular weight excluding hydrogens is 356 g/mol. The van der Waals surface area contributed by atoms with Crippen molar-refractivity contribution in [3.8, 4) is 5.75 Å². The van der Waals surface area contributed by atoms with Gasteiger partial charge in [-0.3, -0.25) is 9.48 Å². The number of hydrogen-bond acceptors (Lipinski definition) is 5. The average Bonchev–Trinajstić information content (AvgIpc) is 3.23. The molecule has 2 heterocycles. The van der Waals surface area contributed by atoms with Gasteiger partial charge in [-0.2, -0.15) is 10.2 Å². The van der Waals surface area contributed by atoms with E-state index >= 15 is 0 Å². The minimum atomic E-state index is -0.326. The third kappa shape index (κ3) is 4.12. The first-order chi connectivity index (χ1) is 12.6. The van der Waals surface area contributed by atoms with Gasteiger partial charge in [0.2, 0.25) is 0 Å². The van der Waals surface area contributed by atoms with Gasteiger partial charge in [0.15, 0.2) is 0 Å². The van der Waals surface area contributed by atoms with Crippen LogP contribution >= 0.6 is 11.6 Å². The Morgan fingerprint density at radius 3 is 2.96 bits per heavy atom. The van der Waals surface area contributed by atoms with Crippen molar-refractivity contribution in [3.63, 3.8) is 0 Å². The van der Waals surface area contributed by atoms with Crippen LogP contribution in [0.25, 0.3) is 0 Å². The number of nitrogens with one attached hydrogen (secondary N) is 1. The smallest absolute Gasteiger partial charge is 0.274 e. The molecule has 26 heavy (non-hydrogen) atoms. The summed E-state index contributed by atoms with van der Waals surface area (Å²) in [6, 6.07) is 7.19. The highest BCUT2D eigenvalue weighted by Gasteiger charge is 2.10. The Labute approximate surface area is 155 Å². The third-order valence-electron chi connectivity index (χ3n) is 3.72. The van der Waals surface area contributed by atoms with Gasteiger partial charge in [-0.1, -0.05) is 11.6 Å². The maximum absolute atomic E-state index is 12.0. The van der Waals surface area contributed by atoms with E-state index in [4.69, 9.17) is 20.8 Å². The molecule has 3 aromatic rings. The summed E-state index contributed by atoms with van der Waals surface area (Å²) in [4.78, 5) is 12.0. The first-order valence-electron chi connectivity index (χ1n) is 7.79. The number of nitrogens with zero attached hydrogens (tertiary/aromatic N) is 3. The van der Waals surface area contributed by atoms with E-state index in [-0.39, 0.29) is 5.91 Å². The number of ether oxygens (including phenoxy) is 1. The van der Waals surface area contributed by atoms with Crippen LogP contribution in [0, 0.1) is 6.92 Å². The lowest BCUT2D eigenvalue weighted by atomic mass is 10.1. The average molecular weight is 373 g/mol. The van der Waals surface area contributed by atoms with Crippen LogP contribution in [0.5, 0.6) is 5.75 Å². The Kier molecular flexibility index (Phi) is 5.38. The van der Waals surface area contributed by atoms with E-state index in [0.717, 1.165) is 16.9 Å². The Hall–Kier alpha value is -3.06. The highest BCUT2D eigenvalue weighted by molar-refractivity contribution is 6.30. The predicted octanol–water partition coefficient (Wildman–Crippen LogP) is 3.26. The van der Waals surface area contributed by atoms with Gasteiger partial charge in [0.1, 0.15) is 11.5 Å². The van der Waals surface area contributed by atoms with Crippen molar-refractivity contribution >= 4 is 23.7 Å². The molecule has 0 fully saturated rings. The number of rotatable bonds is 6. The lowest BCUT2D eigenvalue weighted by molar-refractivity contribution is 0.0953.